The first kappa shape index (κ1) is 8.38. The molecule has 0 aliphatic carbocycles. The number of rotatable bonds is 1. The van der Waals surface area contributed by atoms with Crippen LogP contribution in [0.3, 0.4) is 0 Å². The Bertz CT molecular complexity index is 484. The van der Waals surface area contributed by atoms with Crippen LogP contribution in [-0.2, 0) is 0 Å². The summed E-state index contributed by atoms with van der Waals surface area (Å²) in [7, 11) is 0. The van der Waals surface area contributed by atoms with E-state index in [2.05, 4.69) is 15.4 Å². The molecule has 1 aromatic heterocycles. The molecule has 0 unspecified atom stereocenters. The van der Waals surface area contributed by atoms with Crippen LogP contribution in [0, 0.1) is 17.1 Å². The molecule has 2 aromatic rings. The molecule has 0 aliphatic heterocycles. The van der Waals surface area contributed by atoms with Crippen molar-refractivity contribution in [3.05, 3.63) is 35.8 Å². The minimum Gasteiger partial charge on any atom is -0.206 e. The Morgan fingerprint density at radius 1 is 1.43 bits per heavy atom. The molecule has 0 bridgehead atoms. The predicted octanol–water partition coefficient (Wildman–Crippen LogP) is 1.48. The molecule has 4 nitrogen and oxygen atoms in total. The van der Waals surface area contributed by atoms with Crippen molar-refractivity contribution in [2.45, 2.75) is 0 Å². The molecule has 0 fully saturated rings. The van der Waals surface area contributed by atoms with Crippen LogP contribution in [0.25, 0.3) is 11.3 Å². The van der Waals surface area contributed by atoms with E-state index in [-0.39, 0.29) is 5.56 Å². The number of nitrogens with one attached hydrogen (secondary N) is 1. The third-order valence-electron chi connectivity index (χ3n) is 1.80. The lowest BCUT2D eigenvalue weighted by atomic mass is 10.1. The number of benzene rings is 1. The van der Waals surface area contributed by atoms with Crippen molar-refractivity contribution in [1.29, 1.82) is 5.26 Å². The van der Waals surface area contributed by atoms with Crippen LogP contribution in [0.4, 0.5) is 4.39 Å². The summed E-state index contributed by atoms with van der Waals surface area (Å²) in [4.78, 5) is 0. The van der Waals surface area contributed by atoms with Gasteiger partial charge in [-0.25, -0.2) is 4.39 Å². The number of hydrogen-bond acceptors (Lipinski definition) is 3. The minimum absolute atomic E-state index is 0.0252. The fraction of sp³-hybridized carbons (Fsp3) is 0. The van der Waals surface area contributed by atoms with Gasteiger partial charge in [0, 0.05) is 5.56 Å². The normalized spacial score (nSPS) is 9.71. The molecule has 1 N–H and O–H groups in total. The van der Waals surface area contributed by atoms with E-state index in [1.807, 2.05) is 0 Å². The third kappa shape index (κ3) is 1.33. The quantitative estimate of drug-likeness (QED) is 0.737. The number of halogens is 1. The number of nitrogens with zero attached hydrogens (tertiary/aromatic N) is 3. The maximum Gasteiger partial charge on any atom is 0.141 e. The predicted molar refractivity (Wildman–Crippen MR) is 46.5 cm³/mol. The second kappa shape index (κ2) is 3.26. The van der Waals surface area contributed by atoms with Gasteiger partial charge in [-0.1, -0.05) is 6.07 Å². The Balaban J connectivity index is 2.49. The molecule has 0 aliphatic rings. The molecule has 2 rings (SSSR count). The average Bonchev–Trinajstić information content (AvgIpc) is 2.70. The van der Waals surface area contributed by atoms with E-state index in [0.717, 1.165) is 0 Å². The lowest BCUT2D eigenvalue weighted by molar-refractivity contribution is 0.624. The zero-order chi connectivity index (χ0) is 9.97. The van der Waals surface area contributed by atoms with Crippen LogP contribution in [0.15, 0.2) is 24.4 Å². The standard InChI is InChI=1S/C9H5FN4/c10-8-3-6(1-2-7(8)4-11)9-5-12-14-13-9/h1-3,5H,(H,12,13,14). The molecule has 0 spiro atoms. The molecule has 14 heavy (non-hydrogen) atoms. The van der Waals surface area contributed by atoms with Crippen molar-refractivity contribution < 1.29 is 4.39 Å². The molecule has 68 valence electrons. The summed E-state index contributed by atoms with van der Waals surface area (Å²) in [6.45, 7) is 0. The Hall–Kier alpha value is -2.22. The van der Waals surface area contributed by atoms with E-state index in [1.54, 1.807) is 12.1 Å². The molecule has 0 saturated carbocycles. The highest BCUT2D eigenvalue weighted by molar-refractivity contribution is 5.59. The van der Waals surface area contributed by atoms with Crippen molar-refractivity contribution >= 4 is 0 Å². The zero-order valence-corrected chi connectivity index (χ0v) is 7.03. The Labute approximate surface area is 79.0 Å². The second-order valence-electron chi connectivity index (χ2n) is 2.66. The monoisotopic (exact) mass is 188 g/mol. The van der Waals surface area contributed by atoms with Gasteiger partial charge in [-0.3, -0.25) is 0 Å². The Morgan fingerprint density at radius 2 is 2.29 bits per heavy atom. The van der Waals surface area contributed by atoms with Gasteiger partial charge in [-0.05, 0) is 12.1 Å². The highest BCUT2D eigenvalue weighted by Gasteiger charge is 2.05. The number of nitriles is 1. The lowest BCUT2D eigenvalue weighted by Crippen LogP contribution is -1.85. The fourth-order valence-corrected chi connectivity index (χ4v) is 1.11. The SMILES string of the molecule is N#Cc1ccc(-c2cn[nH]n2)cc1F. The van der Waals surface area contributed by atoms with Crippen LogP contribution in [0.5, 0.6) is 0 Å². The molecule has 0 amide bonds. The van der Waals surface area contributed by atoms with Crippen LogP contribution in [0.2, 0.25) is 0 Å². The van der Waals surface area contributed by atoms with Crippen LogP contribution < -0.4 is 0 Å². The molecular formula is C9H5FN4. The number of aromatic nitrogens is 3. The lowest BCUT2D eigenvalue weighted by Gasteiger charge is -1.96. The first-order valence-electron chi connectivity index (χ1n) is 3.87. The zero-order valence-electron chi connectivity index (χ0n) is 7.03. The second-order valence-corrected chi connectivity index (χ2v) is 2.66. The number of aromatic amines is 1. The highest BCUT2D eigenvalue weighted by Crippen LogP contribution is 2.18. The van der Waals surface area contributed by atoms with Gasteiger partial charge >= 0.3 is 0 Å². The van der Waals surface area contributed by atoms with E-state index in [9.17, 15) is 4.39 Å². The van der Waals surface area contributed by atoms with Gasteiger partial charge in [0.25, 0.3) is 0 Å². The van der Waals surface area contributed by atoms with Crippen LogP contribution in [0.1, 0.15) is 5.56 Å². The first-order chi connectivity index (χ1) is 6.81. The summed E-state index contributed by atoms with van der Waals surface area (Å²) in [5, 5.41) is 18.3. The van der Waals surface area contributed by atoms with Crippen molar-refractivity contribution in [3.8, 4) is 17.3 Å². The van der Waals surface area contributed by atoms with Gasteiger partial charge in [-0.2, -0.15) is 20.7 Å². The van der Waals surface area contributed by atoms with Crippen molar-refractivity contribution in [3.63, 3.8) is 0 Å². The Morgan fingerprint density at radius 3 is 2.86 bits per heavy atom. The van der Waals surface area contributed by atoms with Gasteiger partial charge in [0.1, 0.15) is 17.6 Å². The van der Waals surface area contributed by atoms with Gasteiger partial charge in [0.2, 0.25) is 0 Å². The van der Waals surface area contributed by atoms with Gasteiger partial charge < -0.3 is 0 Å². The molecular weight excluding hydrogens is 183 g/mol. The van der Waals surface area contributed by atoms with Crippen molar-refractivity contribution in [2.24, 2.45) is 0 Å². The van der Waals surface area contributed by atoms with Gasteiger partial charge in [-0.15, -0.1) is 0 Å². The van der Waals surface area contributed by atoms with E-state index in [4.69, 9.17) is 5.26 Å². The summed E-state index contributed by atoms with van der Waals surface area (Å²) in [5.41, 5.74) is 1.17. The number of H-pyrrole nitrogens is 1. The topological polar surface area (TPSA) is 65.4 Å². The first-order valence-corrected chi connectivity index (χ1v) is 3.87. The van der Waals surface area contributed by atoms with Crippen LogP contribution >= 0.6 is 0 Å². The van der Waals surface area contributed by atoms with Gasteiger partial charge in [0.15, 0.2) is 0 Å². The average molecular weight is 188 g/mol. The molecule has 0 atom stereocenters. The maximum absolute atomic E-state index is 13.2. The molecule has 0 saturated heterocycles. The summed E-state index contributed by atoms with van der Waals surface area (Å²) in [6.07, 6.45) is 1.49. The maximum atomic E-state index is 13.2. The number of hydrogen-bond donors (Lipinski definition) is 1. The van der Waals surface area contributed by atoms with Crippen molar-refractivity contribution in [2.75, 3.05) is 0 Å². The third-order valence-corrected chi connectivity index (χ3v) is 1.80. The van der Waals surface area contributed by atoms with Crippen LogP contribution in [-0.4, -0.2) is 15.4 Å². The summed E-state index contributed by atoms with van der Waals surface area (Å²) in [6, 6.07) is 6.05. The smallest absolute Gasteiger partial charge is 0.141 e. The summed E-state index contributed by atoms with van der Waals surface area (Å²) < 4.78 is 13.2. The fourth-order valence-electron chi connectivity index (χ4n) is 1.11. The highest BCUT2D eigenvalue weighted by atomic mass is 19.1. The molecule has 5 heteroatoms. The minimum atomic E-state index is -0.548. The largest absolute Gasteiger partial charge is 0.206 e. The molecule has 1 heterocycles. The van der Waals surface area contributed by atoms with E-state index in [0.29, 0.717) is 11.3 Å². The van der Waals surface area contributed by atoms with E-state index >= 15 is 0 Å². The van der Waals surface area contributed by atoms with Crippen molar-refractivity contribution in [1.82, 2.24) is 15.4 Å². The summed E-state index contributed by atoms with van der Waals surface area (Å²) in [5.74, 6) is -0.548. The summed E-state index contributed by atoms with van der Waals surface area (Å²) >= 11 is 0. The Kier molecular flexibility index (Phi) is 1.95. The molecule has 0 radical (unpaired) electrons. The van der Waals surface area contributed by atoms with E-state index < -0.39 is 5.82 Å². The van der Waals surface area contributed by atoms with Gasteiger partial charge in [0.05, 0.1) is 11.8 Å². The molecule has 1 aromatic carbocycles. The van der Waals surface area contributed by atoms with E-state index in [1.165, 1.54) is 18.3 Å².